The molecule has 1 atom stereocenters. The smallest absolute Gasteiger partial charge is 0.124 e. The maximum Gasteiger partial charge on any atom is 0.124 e. The first-order chi connectivity index (χ1) is 8.36. The van der Waals surface area contributed by atoms with Crippen LogP contribution in [0.15, 0.2) is 29.6 Å². The van der Waals surface area contributed by atoms with Crippen LogP contribution in [0.2, 0.25) is 0 Å². The number of para-hydroxylation sites is 1. The summed E-state index contributed by atoms with van der Waals surface area (Å²) in [4.78, 5) is 0. The molecule has 2 aromatic rings. The second-order valence-electron chi connectivity index (χ2n) is 3.40. The van der Waals surface area contributed by atoms with E-state index in [4.69, 9.17) is 10.6 Å². The summed E-state index contributed by atoms with van der Waals surface area (Å²) in [5, 5.41) is 5.90. The molecule has 0 saturated heterocycles. The molecule has 0 radical (unpaired) electrons. The van der Waals surface area contributed by atoms with Crippen LogP contribution in [0.5, 0.6) is 5.75 Å². The number of nitrogens with two attached hydrogens (primary N) is 1. The van der Waals surface area contributed by atoms with Crippen molar-refractivity contribution in [3.05, 3.63) is 40.9 Å². The highest BCUT2D eigenvalue weighted by molar-refractivity contribution is 7.03. The molecule has 3 N–H and O–H groups in total. The molecule has 0 fully saturated rings. The number of rotatable bonds is 5. The van der Waals surface area contributed by atoms with Crippen LogP contribution in [0.25, 0.3) is 0 Å². The van der Waals surface area contributed by atoms with Gasteiger partial charge in [-0.3, -0.25) is 5.84 Å². The monoisotopic (exact) mass is 250 g/mol. The summed E-state index contributed by atoms with van der Waals surface area (Å²) >= 11 is 1.30. The average Bonchev–Trinajstić information content (AvgIpc) is 2.86. The second-order valence-corrected chi connectivity index (χ2v) is 4.01. The van der Waals surface area contributed by atoms with E-state index in [1.807, 2.05) is 36.6 Å². The van der Waals surface area contributed by atoms with Crippen molar-refractivity contribution in [1.29, 1.82) is 0 Å². The highest BCUT2D eigenvalue weighted by atomic mass is 32.1. The lowest BCUT2D eigenvalue weighted by atomic mass is 10.0. The summed E-state index contributed by atoms with van der Waals surface area (Å²) in [7, 11) is 0. The molecule has 0 amide bonds. The van der Waals surface area contributed by atoms with Crippen molar-refractivity contribution in [3.63, 3.8) is 0 Å². The lowest BCUT2D eigenvalue weighted by Crippen LogP contribution is -2.29. The highest BCUT2D eigenvalue weighted by Crippen LogP contribution is 2.28. The molecule has 0 aliphatic rings. The number of nitrogens with one attached hydrogen (secondary N) is 1. The minimum absolute atomic E-state index is 0.198. The van der Waals surface area contributed by atoms with E-state index in [0.29, 0.717) is 6.61 Å². The zero-order chi connectivity index (χ0) is 12.1. The molecule has 1 heterocycles. The van der Waals surface area contributed by atoms with Crippen LogP contribution in [-0.2, 0) is 0 Å². The molecular weight excluding hydrogens is 236 g/mol. The molecule has 5 nitrogen and oxygen atoms in total. The van der Waals surface area contributed by atoms with Gasteiger partial charge in [-0.05, 0) is 24.5 Å². The molecule has 90 valence electrons. The van der Waals surface area contributed by atoms with Crippen molar-refractivity contribution in [1.82, 2.24) is 15.0 Å². The Morgan fingerprint density at radius 3 is 2.94 bits per heavy atom. The minimum Gasteiger partial charge on any atom is -0.494 e. The Hall–Kier alpha value is -1.50. The maximum absolute atomic E-state index is 5.59. The summed E-state index contributed by atoms with van der Waals surface area (Å²) in [6.07, 6.45) is 0. The Bertz CT molecular complexity index is 460. The van der Waals surface area contributed by atoms with Crippen LogP contribution in [0.3, 0.4) is 0 Å². The second kappa shape index (κ2) is 5.72. The van der Waals surface area contributed by atoms with Crippen molar-refractivity contribution in [2.45, 2.75) is 13.0 Å². The van der Waals surface area contributed by atoms with Crippen molar-refractivity contribution in [3.8, 4) is 5.75 Å². The fourth-order valence-electron chi connectivity index (χ4n) is 1.64. The molecule has 0 aliphatic carbocycles. The van der Waals surface area contributed by atoms with Gasteiger partial charge in [-0.15, -0.1) is 5.10 Å². The van der Waals surface area contributed by atoms with E-state index in [1.165, 1.54) is 11.5 Å². The van der Waals surface area contributed by atoms with Crippen LogP contribution in [-0.4, -0.2) is 16.2 Å². The van der Waals surface area contributed by atoms with Gasteiger partial charge in [-0.1, -0.05) is 22.7 Å². The molecule has 0 bridgehead atoms. The maximum atomic E-state index is 5.59. The largest absolute Gasteiger partial charge is 0.494 e. The lowest BCUT2D eigenvalue weighted by molar-refractivity contribution is 0.333. The molecule has 0 saturated carbocycles. The molecule has 0 spiro atoms. The van der Waals surface area contributed by atoms with Crippen LogP contribution in [0.4, 0.5) is 0 Å². The van der Waals surface area contributed by atoms with Gasteiger partial charge in [0.25, 0.3) is 0 Å². The summed E-state index contributed by atoms with van der Waals surface area (Å²) in [5.74, 6) is 6.40. The first kappa shape index (κ1) is 12.0. The predicted octanol–water partition coefficient (Wildman–Crippen LogP) is 1.49. The van der Waals surface area contributed by atoms with Gasteiger partial charge in [0.15, 0.2) is 0 Å². The zero-order valence-corrected chi connectivity index (χ0v) is 10.3. The van der Waals surface area contributed by atoms with E-state index in [9.17, 15) is 0 Å². The zero-order valence-electron chi connectivity index (χ0n) is 9.46. The number of hydrazine groups is 1. The Balaban J connectivity index is 2.37. The van der Waals surface area contributed by atoms with E-state index < -0.39 is 0 Å². The first-order valence-corrected chi connectivity index (χ1v) is 6.15. The number of hydrogen-bond donors (Lipinski definition) is 2. The lowest BCUT2D eigenvalue weighted by Gasteiger charge is -2.17. The van der Waals surface area contributed by atoms with Crippen LogP contribution in [0, 0.1) is 0 Å². The first-order valence-electron chi connectivity index (χ1n) is 5.31. The quantitative estimate of drug-likeness (QED) is 0.621. The van der Waals surface area contributed by atoms with Gasteiger partial charge in [0.2, 0.25) is 0 Å². The third kappa shape index (κ3) is 2.60. The van der Waals surface area contributed by atoms with Crippen LogP contribution < -0.4 is 16.0 Å². The summed E-state index contributed by atoms with van der Waals surface area (Å²) < 4.78 is 9.42. The number of nitrogens with zero attached hydrogens (tertiary/aromatic N) is 2. The standard InChI is InChI=1S/C11H14N4OS/c1-2-16-10-6-4-3-5-8(10)11(13-12)9-7-17-15-14-9/h3-7,11,13H,2,12H2,1H3. The van der Waals surface area contributed by atoms with Crippen molar-refractivity contribution >= 4 is 11.5 Å². The van der Waals surface area contributed by atoms with Gasteiger partial charge in [0, 0.05) is 10.9 Å². The Kier molecular flexibility index (Phi) is 4.03. The van der Waals surface area contributed by atoms with Crippen LogP contribution in [0.1, 0.15) is 24.2 Å². The van der Waals surface area contributed by atoms with Gasteiger partial charge in [-0.2, -0.15) is 0 Å². The molecule has 0 aliphatic heterocycles. The van der Waals surface area contributed by atoms with Crippen molar-refractivity contribution in [2.24, 2.45) is 5.84 Å². The number of hydrogen-bond acceptors (Lipinski definition) is 6. The van der Waals surface area contributed by atoms with E-state index in [2.05, 4.69) is 15.0 Å². The Labute approximate surface area is 104 Å². The van der Waals surface area contributed by atoms with Gasteiger partial charge < -0.3 is 4.74 Å². The van der Waals surface area contributed by atoms with Crippen LogP contribution >= 0.6 is 11.5 Å². The van der Waals surface area contributed by atoms with Crippen molar-refractivity contribution < 1.29 is 4.74 Å². The number of benzene rings is 1. The van der Waals surface area contributed by atoms with E-state index >= 15 is 0 Å². The fourth-order valence-corrected chi connectivity index (χ4v) is 2.12. The normalized spacial score (nSPS) is 12.4. The van der Waals surface area contributed by atoms with E-state index in [0.717, 1.165) is 17.0 Å². The predicted molar refractivity (Wildman–Crippen MR) is 66.7 cm³/mol. The number of aromatic nitrogens is 2. The van der Waals surface area contributed by atoms with Crippen molar-refractivity contribution in [2.75, 3.05) is 6.61 Å². The summed E-state index contributed by atoms with van der Waals surface area (Å²) in [6, 6.07) is 7.57. The molecule has 2 rings (SSSR count). The summed E-state index contributed by atoms with van der Waals surface area (Å²) in [5.41, 5.74) is 4.50. The summed E-state index contributed by atoms with van der Waals surface area (Å²) in [6.45, 7) is 2.57. The molecule has 17 heavy (non-hydrogen) atoms. The molecule has 1 aromatic heterocycles. The molecule has 6 heteroatoms. The molecular formula is C11H14N4OS. The highest BCUT2D eigenvalue weighted by Gasteiger charge is 2.18. The molecule has 1 aromatic carbocycles. The molecule has 1 unspecified atom stereocenters. The fraction of sp³-hybridized carbons (Fsp3) is 0.273. The Morgan fingerprint density at radius 1 is 1.47 bits per heavy atom. The minimum atomic E-state index is -0.198. The van der Waals surface area contributed by atoms with Gasteiger partial charge in [-0.25, -0.2) is 5.43 Å². The van der Waals surface area contributed by atoms with Gasteiger partial charge in [0.1, 0.15) is 5.75 Å². The SMILES string of the molecule is CCOc1ccccc1C(NN)c1csnn1. The third-order valence-electron chi connectivity index (χ3n) is 2.37. The topological polar surface area (TPSA) is 73.1 Å². The number of ether oxygens (including phenoxy) is 1. The average molecular weight is 250 g/mol. The van der Waals surface area contributed by atoms with Gasteiger partial charge in [0.05, 0.1) is 18.3 Å². The van der Waals surface area contributed by atoms with E-state index in [-0.39, 0.29) is 6.04 Å². The van der Waals surface area contributed by atoms with E-state index in [1.54, 1.807) is 0 Å². The Morgan fingerprint density at radius 2 is 2.29 bits per heavy atom. The third-order valence-corrected chi connectivity index (χ3v) is 2.89. The van der Waals surface area contributed by atoms with Gasteiger partial charge >= 0.3 is 0 Å².